The van der Waals surface area contributed by atoms with Gasteiger partial charge < -0.3 is 4.74 Å². The van der Waals surface area contributed by atoms with Crippen LogP contribution in [-0.2, 0) is 6.42 Å². The topological polar surface area (TPSA) is 9.23 Å². The molecule has 0 unspecified atom stereocenters. The third kappa shape index (κ3) is 5.78. The highest BCUT2D eigenvalue weighted by atomic mass is 19.2. The summed E-state index contributed by atoms with van der Waals surface area (Å²) in [5.41, 5.74) is 3.07. The minimum Gasteiger partial charge on any atom is -0.491 e. The van der Waals surface area contributed by atoms with Gasteiger partial charge in [-0.3, -0.25) is 0 Å². The Labute approximate surface area is 182 Å². The maximum atomic E-state index is 14.4. The van der Waals surface area contributed by atoms with E-state index in [2.05, 4.69) is 6.92 Å². The molecule has 0 saturated heterocycles. The number of halogens is 3. The number of unbranched alkanes of at least 4 members (excludes halogenated alkanes) is 2. The Morgan fingerprint density at radius 3 is 2.19 bits per heavy atom. The van der Waals surface area contributed by atoms with E-state index < -0.39 is 17.5 Å². The van der Waals surface area contributed by atoms with Crippen LogP contribution in [0.15, 0.2) is 54.6 Å². The Balaban J connectivity index is 1.72. The number of benzene rings is 3. The highest BCUT2D eigenvalue weighted by molar-refractivity contribution is 5.72. The van der Waals surface area contributed by atoms with E-state index in [-0.39, 0.29) is 11.3 Å². The van der Waals surface area contributed by atoms with Gasteiger partial charge >= 0.3 is 0 Å². The second-order valence-corrected chi connectivity index (χ2v) is 7.43. The summed E-state index contributed by atoms with van der Waals surface area (Å²) in [4.78, 5) is 0. The molecule has 0 aromatic heterocycles. The van der Waals surface area contributed by atoms with Gasteiger partial charge in [0.2, 0.25) is 0 Å². The van der Waals surface area contributed by atoms with Gasteiger partial charge in [0.25, 0.3) is 0 Å². The van der Waals surface area contributed by atoms with Crippen molar-refractivity contribution in [1.82, 2.24) is 0 Å². The van der Waals surface area contributed by atoms with Gasteiger partial charge in [0.1, 0.15) is 0 Å². The van der Waals surface area contributed by atoms with Crippen LogP contribution in [0.1, 0.15) is 49.8 Å². The van der Waals surface area contributed by atoms with E-state index in [1.165, 1.54) is 6.07 Å². The third-order valence-corrected chi connectivity index (χ3v) is 5.17. The normalized spacial score (nSPS) is 11.3. The first-order valence-electron chi connectivity index (χ1n) is 10.7. The van der Waals surface area contributed by atoms with Crippen molar-refractivity contribution in [2.24, 2.45) is 0 Å². The monoisotopic (exact) mass is 424 g/mol. The summed E-state index contributed by atoms with van der Waals surface area (Å²) in [5.74, 6) is -1.74. The fourth-order valence-corrected chi connectivity index (χ4v) is 3.42. The highest BCUT2D eigenvalue weighted by Gasteiger charge is 2.11. The standard InChI is InChI=1S/C27H27F3O/c1-3-5-6-7-21-14-15-22(27(30)26(21)29)13-10-19-8-11-20(12-9-19)23-16-17-25(31-4-2)24(28)18-23/h8-18H,3-7H2,1-2H3. The Morgan fingerprint density at radius 2 is 1.52 bits per heavy atom. The quantitative estimate of drug-likeness (QED) is 0.249. The Morgan fingerprint density at radius 1 is 0.774 bits per heavy atom. The lowest BCUT2D eigenvalue weighted by atomic mass is 10.0. The van der Waals surface area contributed by atoms with E-state index in [9.17, 15) is 13.2 Å². The smallest absolute Gasteiger partial charge is 0.166 e. The van der Waals surface area contributed by atoms with Crippen LogP contribution in [-0.4, -0.2) is 6.61 Å². The average Bonchev–Trinajstić information content (AvgIpc) is 2.78. The summed E-state index contributed by atoms with van der Waals surface area (Å²) < 4.78 is 48.1. The zero-order chi connectivity index (χ0) is 22.2. The van der Waals surface area contributed by atoms with Crippen molar-refractivity contribution in [1.29, 1.82) is 0 Å². The van der Waals surface area contributed by atoms with Crippen LogP contribution in [0.25, 0.3) is 23.3 Å². The first kappa shape index (κ1) is 22.7. The first-order valence-corrected chi connectivity index (χ1v) is 10.7. The Hall–Kier alpha value is -3.01. The molecule has 0 aliphatic carbocycles. The maximum absolute atomic E-state index is 14.4. The Kier molecular flexibility index (Phi) is 7.94. The fourth-order valence-electron chi connectivity index (χ4n) is 3.42. The molecule has 0 spiro atoms. The van der Waals surface area contributed by atoms with Crippen LogP contribution in [0, 0.1) is 17.5 Å². The van der Waals surface area contributed by atoms with E-state index in [0.29, 0.717) is 18.6 Å². The molecule has 0 saturated carbocycles. The second kappa shape index (κ2) is 10.9. The molecule has 3 aromatic rings. The summed E-state index contributed by atoms with van der Waals surface area (Å²) in [6, 6.07) is 15.6. The van der Waals surface area contributed by atoms with Crippen molar-refractivity contribution < 1.29 is 17.9 Å². The lowest BCUT2D eigenvalue weighted by Crippen LogP contribution is -1.97. The number of rotatable bonds is 9. The zero-order valence-corrected chi connectivity index (χ0v) is 17.9. The summed E-state index contributed by atoms with van der Waals surface area (Å²) in [6.07, 6.45) is 6.75. The number of hydrogen-bond donors (Lipinski definition) is 0. The van der Waals surface area contributed by atoms with Gasteiger partial charge in [0.05, 0.1) is 6.61 Å². The SMILES string of the molecule is CCCCCc1ccc(C=Cc2ccc(-c3ccc(OCC)c(F)c3)cc2)c(F)c1F. The predicted molar refractivity (Wildman–Crippen MR) is 122 cm³/mol. The Bertz CT molecular complexity index is 1040. The summed E-state index contributed by atoms with van der Waals surface area (Å²) in [7, 11) is 0. The van der Waals surface area contributed by atoms with Crippen LogP contribution in [0.3, 0.4) is 0 Å². The molecule has 1 nitrogen and oxygen atoms in total. The van der Waals surface area contributed by atoms with Gasteiger partial charge in [-0.1, -0.05) is 74.4 Å². The van der Waals surface area contributed by atoms with Crippen LogP contribution in [0.5, 0.6) is 5.75 Å². The molecule has 3 aromatic carbocycles. The third-order valence-electron chi connectivity index (χ3n) is 5.17. The minimum atomic E-state index is -0.813. The molecule has 31 heavy (non-hydrogen) atoms. The van der Waals surface area contributed by atoms with Crippen molar-refractivity contribution in [3.05, 3.63) is 88.7 Å². The lowest BCUT2D eigenvalue weighted by Gasteiger charge is -2.08. The minimum absolute atomic E-state index is 0.217. The van der Waals surface area contributed by atoms with E-state index in [1.54, 1.807) is 36.4 Å². The van der Waals surface area contributed by atoms with Gasteiger partial charge in [0, 0.05) is 5.56 Å². The molecule has 0 atom stereocenters. The van der Waals surface area contributed by atoms with Crippen LogP contribution < -0.4 is 4.74 Å². The summed E-state index contributed by atoms with van der Waals surface area (Å²) in [5, 5.41) is 0. The summed E-state index contributed by atoms with van der Waals surface area (Å²) >= 11 is 0. The van der Waals surface area contributed by atoms with Crippen molar-refractivity contribution in [2.45, 2.75) is 39.5 Å². The van der Waals surface area contributed by atoms with Gasteiger partial charge in [-0.15, -0.1) is 0 Å². The van der Waals surface area contributed by atoms with E-state index in [0.717, 1.165) is 36.0 Å². The van der Waals surface area contributed by atoms with Gasteiger partial charge in [-0.25, -0.2) is 13.2 Å². The second-order valence-electron chi connectivity index (χ2n) is 7.43. The van der Waals surface area contributed by atoms with Gasteiger partial charge in [-0.2, -0.15) is 0 Å². The van der Waals surface area contributed by atoms with Gasteiger partial charge in [0.15, 0.2) is 23.2 Å². The molecular formula is C27H27F3O. The van der Waals surface area contributed by atoms with Crippen molar-refractivity contribution in [2.75, 3.05) is 6.61 Å². The number of aryl methyl sites for hydroxylation is 1. The van der Waals surface area contributed by atoms with E-state index >= 15 is 0 Å². The molecule has 0 aliphatic heterocycles. The van der Waals surface area contributed by atoms with E-state index in [1.807, 2.05) is 31.2 Å². The lowest BCUT2D eigenvalue weighted by molar-refractivity contribution is 0.321. The molecule has 0 aliphatic rings. The molecule has 0 heterocycles. The molecule has 162 valence electrons. The van der Waals surface area contributed by atoms with Crippen molar-refractivity contribution in [3.8, 4) is 16.9 Å². The van der Waals surface area contributed by atoms with Crippen molar-refractivity contribution in [3.63, 3.8) is 0 Å². The number of ether oxygens (including phenoxy) is 1. The number of hydrogen-bond acceptors (Lipinski definition) is 1. The molecule has 3 rings (SSSR count). The van der Waals surface area contributed by atoms with Gasteiger partial charge in [-0.05, 0) is 54.2 Å². The largest absolute Gasteiger partial charge is 0.491 e. The molecule has 0 fully saturated rings. The average molecular weight is 425 g/mol. The highest BCUT2D eigenvalue weighted by Crippen LogP contribution is 2.26. The van der Waals surface area contributed by atoms with Crippen LogP contribution in [0.4, 0.5) is 13.2 Å². The van der Waals surface area contributed by atoms with Crippen molar-refractivity contribution >= 4 is 12.2 Å². The predicted octanol–water partition coefficient (Wildman–Crippen LogP) is 8.07. The molecule has 4 heteroatoms. The molecule has 0 bridgehead atoms. The first-order chi connectivity index (χ1) is 15.0. The van der Waals surface area contributed by atoms with Crippen LogP contribution >= 0.6 is 0 Å². The molecule has 0 radical (unpaired) electrons. The zero-order valence-electron chi connectivity index (χ0n) is 17.9. The fraction of sp³-hybridized carbons (Fsp3) is 0.259. The molecule has 0 amide bonds. The maximum Gasteiger partial charge on any atom is 0.166 e. The van der Waals surface area contributed by atoms with Crippen LogP contribution in [0.2, 0.25) is 0 Å². The summed E-state index contributed by atoms with van der Waals surface area (Å²) in [6.45, 7) is 4.29. The van der Waals surface area contributed by atoms with E-state index in [4.69, 9.17) is 4.74 Å². The molecule has 0 N–H and O–H groups in total. The molecular weight excluding hydrogens is 397 g/mol.